The maximum atomic E-state index is 14.0. The summed E-state index contributed by atoms with van der Waals surface area (Å²) in [7, 11) is 1.89. The van der Waals surface area contributed by atoms with E-state index in [1.165, 1.54) is 6.07 Å². The zero-order valence-corrected chi connectivity index (χ0v) is 21.5. The molecule has 0 spiro atoms. The molecule has 2 aromatic carbocycles. The molecule has 0 radical (unpaired) electrons. The van der Waals surface area contributed by atoms with Crippen LogP contribution < -0.4 is 10.6 Å². The molecule has 37 heavy (non-hydrogen) atoms. The van der Waals surface area contributed by atoms with Crippen molar-refractivity contribution in [1.82, 2.24) is 19.7 Å². The van der Waals surface area contributed by atoms with Gasteiger partial charge in [-0.05, 0) is 67.8 Å². The molecule has 2 N–H and O–H groups in total. The number of anilines is 2. The molecule has 192 valence electrons. The van der Waals surface area contributed by atoms with Crippen LogP contribution >= 0.6 is 0 Å². The lowest BCUT2D eigenvalue weighted by atomic mass is 10.0. The van der Waals surface area contributed by atoms with Crippen LogP contribution in [0.4, 0.5) is 20.6 Å². The smallest absolute Gasteiger partial charge is 0.323 e. The number of nitrogens with one attached hydrogen (secondary N) is 2. The van der Waals surface area contributed by atoms with Crippen LogP contribution in [-0.2, 0) is 18.3 Å². The molecule has 1 aliphatic heterocycles. The minimum absolute atomic E-state index is 0.140. The third-order valence-corrected chi connectivity index (χ3v) is 6.46. The number of urea groups is 1. The Hall–Kier alpha value is -3.82. The van der Waals surface area contributed by atoms with Crippen LogP contribution in [0.25, 0.3) is 22.2 Å². The second-order valence-corrected chi connectivity index (χ2v) is 9.76. The first-order valence-electron chi connectivity index (χ1n) is 12.4. The van der Waals surface area contributed by atoms with Gasteiger partial charge in [0.2, 0.25) is 0 Å². The topological polar surface area (TPSA) is 84.3 Å². The highest BCUT2D eigenvalue weighted by atomic mass is 19.1. The average molecular weight is 503 g/mol. The fraction of sp³-hybridized carbons (Fsp3) is 0.321. The van der Waals surface area contributed by atoms with E-state index in [4.69, 9.17) is 9.72 Å². The van der Waals surface area contributed by atoms with Crippen LogP contribution in [0.5, 0.6) is 0 Å². The zero-order chi connectivity index (χ0) is 26.1. The second kappa shape index (κ2) is 10.3. The molecule has 2 amide bonds. The first-order valence-corrected chi connectivity index (χ1v) is 12.4. The highest BCUT2D eigenvalue weighted by Gasteiger charge is 2.23. The van der Waals surface area contributed by atoms with Crippen molar-refractivity contribution in [2.75, 3.05) is 23.7 Å². The normalized spacial score (nSPS) is 18.2. The number of hydrogen-bond acceptors (Lipinski definition) is 5. The van der Waals surface area contributed by atoms with Gasteiger partial charge in [0, 0.05) is 37.8 Å². The number of rotatable bonds is 5. The van der Waals surface area contributed by atoms with Gasteiger partial charge in [0.25, 0.3) is 0 Å². The Kier molecular flexibility index (Phi) is 6.90. The SMILES string of the molecule is Cc1ccc(F)c(NC(=O)Nc2ccc(-c3cc(CN4CC(C)OC(C)C4)nc4c3cnn4C)cc2)c1. The first kappa shape index (κ1) is 24.9. The predicted molar refractivity (Wildman–Crippen MR) is 143 cm³/mol. The first-order chi connectivity index (χ1) is 17.7. The number of benzene rings is 2. The summed E-state index contributed by atoms with van der Waals surface area (Å²) in [6.45, 7) is 8.48. The van der Waals surface area contributed by atoms with Crippen LogP contribution in [0.2, 0.25) is 0 Å². The largest absolute Gasteiger partial charge is 0.373 e. The number of hydrogen-bond donors (Lipinski definition) is 2. The van der Waals surface area contributed by atoms with E-state index in [0.29, 0.717) is 5.69 Å². The maximum absolute atomic E-state index is 14.0. The molecule has 0 bridgehead atoms. The van der Waals surface area contributed by atoms with Gasteiger partial charge in [-0.1, -0.05) is 18.2 Å². The number of ether oxygens (including phenoxy) is 1. The molecule has 0 saturated carbocycles. The van der Waals surface area contributed by atoms with E-state index in [2.05, 4.69) is 40.5 Å². The van der Waals surface area contributed by atoms with Gasteiger partial charge in [-0.15, -0.1) is 0 Å². The number of carbonyl (C=O) groups excluding carboxylic acids is 1. The van der Waals surface area contributed by atoms with E-state index in [1.807, 2.05) is 44.4 Å². The Morgan fingerprint density at radius 2 is 1.81 bits per heavy atom. The van der Waals surface area contributed by atoms with E-state index >= 15 is 0 Å². The van der Waals surface area contributed by atoms with Gasteiger partial charge in [0.05, 0.1) is 29.8 Å². The molecular weight excluding hydrogens is 471 g/mol. The van der Waals surface area contributed by atoms with E-state index in [1.54, 1.807) is 16.8 Å². The molecule has 4 aromatic rings. The average Bonchev–Trinajstić information content (AvgIpc) is 3.21. The monoisotopic (exact) mass is 502 g/mol. The van der Waals surface area contributed by atoms with Gasteiger partial charge >= 0.3 is 6.03 Å². The maximum Gasteiger partial charge on any atom is 0.323 e. The number of fused-ring (bicyclic) bond motifs is 1. The summed E-state index contributed by atoms with van der Waals surface area (Å²) in [4.78, 5) is 19.7. The molecule has 8 nitrogen and oxygen atoms in total. The molecule has 2 unspecified atom stereocenters. The van der Waals surface area contributed by atoms with Crippen molar-refractivity contribution in [2.45, 2.75) is 39.5 Å². The third-order valence-electron chi connectivity index (χ3n) is 6.46. The predicted octanol–water partition coefficient (Wildman–Crippen LogP) is 5.34. The van der Waals surface area contributed by atoms with E-state index in [0.717, 1.165) is 53.1 Å². The van der Waals surface area contributed by atoms with Crippen molar-refractivity contribution in [1.29, 1.82) is 0 Å². The van der Waals surface area contributed by atoms with Crippen molar-refractivity contribution in [3.05, 3.63) is 71.8 Å². The minimum atomic E-state index is -0.507. The van der Waals surface area contributed by atoms with Gasteiger partial charge in [-0.25, -0.2) is 14.2 Å². The molecule has 0 aliphatic carbocycles. The number of aromatic nitrogens is 3. The number of halogens is 1. The molecule has 9 heteroatoms. The van der Waals surface area contributed by atoms with Crippen LogP contribution in [0.15, 0.2) is 54.7 Å². The number of nitrogens with zero attached hydrogens (tertiary/aromatic N) is 4. The second-order valence-electron chi connectivity index (χ2n) is 9.76. The third kappa shape index (κ3) is 5.63. The summed E-state index contributed by atoms with van der Waals surface area (Å²) in [5.74, 6) is -0.480. The summed E-state index contributed by atoms with van der Waals surface area (Å²) < 4.78 is 21.7. The van der Waals surface area contributed by atoms with Crippen molar-refractivity contribution in [3.8, 4) is 11.1 Å². The number of aryl methyl sites for hydroxylation is 2. The zero-order valence-electron chi connectivity index (χ0n) is 21.5. The molecule has 3 heterocycles. The van der Waals surface area contributed by atoms with Gasteiger partial charge in [-0.2, -0.15) is 5.10 Å². The molecule has 2 aromatic heterocycles. The number of pyridine rings is 1. The quantitative estimate of drug-likeness (QED) is 0.385. The van der Waals surface area contributed by atoms with Crippen molar-refractivity contribution in [2.24, 2.45) is 7.05 Å². The fourth-order valence-corrected chi connectivity index (χ4v) is 4.88. The number of amides is 2. The molecular formula is C28H31FN6O2. The van der Waals surface area contributed by atoms with Crippen molar-refractivity contribution in [3.63, 3.8) is 0 Å². The molecule has 5 rings (SSSR count). The lowest BCUT2D eigenvalue weighted by molar-refractivity contribution is -0.0707. The van der Waals surface area contributed by atoms with Gasteiger partial charge in [-0.3, -0.25) is 9.58 Å². The Morgan fingerprint density at radius 1 is 1.08 bits per heavy atom. The molecule has 1 fully saturated rings. The Balaban J connectivity index is 1.36. The van der Waals surface area contributed by atoms with E-state index in [-0.39, 0.29) is 17.9 Å². The van der Waals surface area contributed by atoms with Crippen LogP contribution in [0.3, 0.4) is 0 Å². The molecule has 2 atom stereocenters. The minimum Gasteiger partial charge on any atom is -0.373 e. The van der Waals surface area contributed by atoms with Crippen molar-refractivity contribution >= 4 is 28.4 Å². The van der Waals surface area contributed by atoms with Gasteiger partial charge in [0.15, 0.2) is 5.65 Å². The highest BCUT2D eigenvalue weighted by Crippen LogP contribution is 2.30. The van der Waals surface area contributed by atoms with Crippen LogP contribution in [-0.4, -0.2) is 51.0 Å². The summed E-state index contributed by atoms with van der Waals surface area (Å²) in [6.07, 6.45) is 2.20. The summed E-state index contributed by atoms with van der Waals surface area (Å²) in [5.41, 5.74) is 5.40. The van der Waals surface area contributed by atoms with Crippen LogP contribution in [0.1, 0.15) is 25.1 Å². The molecule has 1 aliphatic rings. The Bertz CT molecular complexity index is 1420. The number of carbonyl (C=O) groups is 1. The lowest BCUT2D eigenvalue weighted by Crippen LogP contribution is -2.44. The van der Waals surface area contributed by atoms with E-state index < -0.39 is 11.8 Å². The highest BCUT2D eigenvalue weighted by molar-refractivity contribution is 6.00. The summed E-state index contributed by atoms with van der Waals surface area (Å²) in [5, 5.41) is 10.7. The van der Waals surface area contributed by atoms with Crippen LogP contribution in [0, 0.1) is 12.7 Å². The Morgan fingerprint density at radius 3 is 2.54 bits per heavy atom. The van der Waals surface area contributed by atoms with Gasteiger partial charge < -0.3 is 15.4 Å². The van der Waals surface area contributed by atoms with E-state index in [9.17, 15) is 9.18 Å². The lowest BCUT2D eigenvalue weighted by Gasteiger charge is -2.35. The molecule has 1 saturated heterocycles. The van der Waals surface area contributed by atoms with Crippen molar-refractivity contribution < 1.29 is 13.9 Å². The number of morpholine rings is 1. The fourth-order valence-electron chi connectivity index (χ4n) is 4.88. The standard InChI is InChI=1S/C28H31FN6O2/c1-17-5-10-25(29)26(11-17)33-28(36)32-21-8-6-20(7-9-21)23-12-22(31-27-24(23)13-30-34(27)4)16-35-14-18(2)37-19(3)15-35/h5-13,18-19H,14-16H2,1-4H3,(H2,32,33,36). The summed E-state index contributed by atoms with van der Waals surface area (Å²) >= 11 is 0. The van der Waals surface area contributed by atoms with Gasteiger partial charge in [0.1, 0.15) is 5.82 Å². The Labute approximate surface area is 215 Å². The summed E-state index contributed by atoms with van der Waals surface area (Å²) in [6, 6.07) is 13.8.